The number of esters is 2. The first kappa shape index (κ1) is 16.5. The molecule has 1 heterocycles. The Kier molecular flexibility index (Phi) is 5.98. The van der Waals surface area contributed by atoms with Gasteiger partial charge in [-0.25, -0.2) is 0 Å². The number of carbonyl (C=O) groups excluding carboxylic acids is 3. The van der Waals surface area contributed by atoms with Crippen LogP contribution in [0.1, 0.15) is 33.6 Å². The van der Waals surface area contributed by atoms with E-state index < -0.39 is 18.0 Å². The van der Waals surface area contributed by atoms with Gasteiger partial charge in [0.2, 0.25) is 5.91 Å². The second-order valence-corrected chi connectivity index (χ2v) is 5.23. The maximum absolute atomic E-state index is 12.0. The van der Waals surface area contributed by atoms with Crippen LogP contribution in [0.15, 0.2) is 0 Å². The van der Waals surface area contributed by atoms with Crippen LogP contribution in [0.2, 0.25) is 0 Å². The molecule has 2 atom stereocenters. The fourth-order valence-corrected chi connectivity index (χ4v) is 2.19. The molecule has 0 saturated carbocycles. The zero-order chi connectivity index (χ0) is 15.3. The van der Waals surface area contributed by atoms with Crippen LogP contribution < -0.4 is 0 Å². The van der Waals surface area contributed by atoms with Gasteiger partial charge in [0.05, 0.1) is 18.9 Å². The number of carbonyl (C=O) groups is 3. The minimum atomic E-state index is -0.513. The molecule has 0 aromatic carbocycles. The minimum absolute atomic E-state index is 0.0319. The van der Waals surface area contributed by atoms with Gasteiger partial charge in [0.1, 0.15) is 6.10 Å². The normalized spacial score (nSPS) is 19.1. The van der Waals surface area contributed by atoms with Crippen LogP contribution in [0.4, 0.5) is 0 Å². The van der Waals surface area contributed by atoms with Crippen LogP contribution >= 0.6 is 0 Å². The largest absolute Gasteiger partial charge is 0.469 e. The molecule has 0 N–H and O–H groups in total. The van der Waals surface area contributed by atoms with Crippen LogP contribution in [0.25, 0.3) is 0 Å². The van der Waals surface area contributed by atoms with E-state index in [4.69, 9.17) is 4.74 Å². The molecule has 0 bridgehead atoms. The second kappa shape index (κ2) is 7.26. The smallest absolute Gasteiger partial charge is 0.312 e. The standard InChI is InChI=1S/C14H23NO5/c1-9(13(17)19-4)10(2)20-14(18)12-5-7-15(8-6-12)11(3)16/h9-10,12H,5-8H2,1-4H3/t9-,10-/m1/s1. The molecule has 1 saturated heterocycles. The Hall–Kier alpha value is -1.59. The van der Waals surface area contributed by atoms with E-state index in [1.165, 1.54) is 14.0 Å². The average Bonchev–Trinajstić information content (AvgIpc) is 2.45. The molecule has 0 radical (unpaired) electrons. The van der Waals surface area contributed by atoms with E-state index in [0.717, 1.165) is 0 Å². The summed E-state index contributed by atoms with van der Waals surface area (Å²) in [5.74, 6) is -1.34. The summed E-state index contributed by atoms with van der Waals surface area (Å²) >= 11 is 0. The van der Waals surface area contributed by atoms with E-state index >= 15 is 0 Å². The number of nitrogens with zero attached hydrogens (tertiary/aromatic N) is 1. The number of amides is 1. The van der Waals surface area contributed by atoms with Crippen molar-refractivity contribution in [3.8, 4) is 0 Å². The van der Waals surface area contributed by atoms with Gasteiger partial charge in [0, 0.05) is 20.0 Å². The van der Waals surface area contributed by atoms with Gasteiger partial charge in [-0.05, 0) is 26.7 Å². The Morgan fingerprint density at radius 2 is 1.70 bits per heavy atom. The summed E-state index contributed by atoms with van der Waals surface area (Å²) in [7, 11) is 1.31. The molecule has 0 unspecified atom stereocenters. The molecule has 1 fully saturated rings. The molecule has 0 aliphatic carbocycles. The van der Waals surface area contributed by atoms with Gasteiger partial charge in [-0.1, -0.05) is 0 Å². The van der Waals surface area contributed by atoms with Crippen LogP contribution in [0, 0.1) is 11.8 Å². The van der Waals surface area contributed by atoms with Crippen LogP contribution in [0.5, 0.6) is 0 Å². The van der Waals surface area contributed by atoms with Crippen molar-refractivity contribution in [1.29, 1.82) is 0 Å². The van der Waals surface area contributed by atoms with E-state index in [-0.39, 0.29) is 17.8 Å². The summed E-state index contributed by atoms with van der Waals surface area (Å²) < 4.78 is 9.95. The first-order chi connectivity index (χ1) is 9.36. The van der Waals surface area contributed by atoms with Crippen molar-refractivity contribution in [2.24, 2.45) is 11.8 Å². The van der Waals surface area contributed by atoms with Crippen molar-refractivity contribution in [2.75, 3.05) is 20.2 Å². The molecule has 1 aliphatic heterocycles. The third-order valence-electron chi connectivity index (χ3n) is 3.85. The lowest BCUT2D eigenvalue weighted by molar-refractivity contribution is -0.163. The lowest BCUT2D eigenvalue weighted by atomic mass is 9.96. The SMILES string of the molecule is COC(=O)[C@H](C)[C@@H](C)OC(=O)C1CCN(C(C)=O)CC1. The fourth-order valence-electron chi connectivity index (χ4n) is 2.19. The van der Waals surface area contributed by atoms with Crippen molar-refractivity contribution in [1.82, 2.24) is 4.90 Å². The van der Waals surface area contributed by atoms with Gasteiger partial charge < -0.3 is 14.4 Å². The van der Waals surface area contributed by atoms with Gasteiger partial charge in [-0.3, -0.25) is 14.4 Å². The fraction of sp³-hybridized carbons (Fsp3) is 0.786. The number of ether oxygens (including phenoxy) is 2. The highest BCUT2D eigenvalue weighted by atomic mass is 16.6. The van der Waals surface area contributed by atoms with E-state index in [1.54, 1.807) is 18.7 Å². The van der Waals surface area contributed by atoms with E-state index in [0.29, 0.717) is 25.9 Å². The topological polar surface area (TPSA) is 72.9 Å². The predicted octanol–water partition coefficient (Wildman–Crippen LogP) is 0.986. The molecule has 1 rings (SSSR count). The van der Waals surface area contributed by atoms with Crippen molar-refractivity contribution >= 4 is 17.8 Å². The number of rotatable bonds is 4. The highest BCUT2D eigenvalue weighted by Crippen LogP contribution is 2.20. The quantitative estimate of drug-likeness (QED) is 0.720. The van der Waals surface area contributed by atoms with Gasteiger partial charge in [-0.15, -0.1) is 0 Å². The molecule has 0 aromatic rings. The maximum atomic E-state index is 12.0. The summed E-state index contributed by atoms with van der Waals surface area (Å²) in [5, 5.41) is 0. The molecular weight excluding hydrogens is 262 g/mol. The van der Waals surface area contributed by atoms with Crippen LogP contribution in [0.3, 0.4) is 0 Å². The van der Waals surface area contributed by atoms with E-state index in [1.807, 2.05) is 0 Å². The first-order valence-corrected chi connectivity index (χ1v) is 6.90. The average molecular weight is 285 g/mol. The monoisotopic (exact) mass is 285 g/mol. The van der Waals surface area contributed by atoms with E-state index in [2.05, 4.69) is 4.74 Å². The lowest BCUT2D eigenvalue weighted by Crippen LogP contribution is -2.40. The van der Waals surface area contributed by atoms with Crippen LogP contribution in [-0.4, -0.2) is 49.0 Å². The first-order valence-electron chi connectivity index (χ1n) is 6.90. The number of hydrogen-bond donors (Lipinski definition) is 0. The van der Waals surface area contributed by atoms with Crippen molar-refractivity contribution < 1.29 is 23.9 Å². The number of methoxy groups -OCH3 is 1. The Bertz CT molecular complexity index is 374. The highest BCUT2D eigenvalue weighted by Gasteiger charge is 2.30. The summed E-state index contributed by atoms with van der Waals surface area (Å²) in [5.41, 5.74) is 0. The van der Waals surface area contributed by atoms with Crippen LogP contribution in [-0.2, 0) is 23.9 Å². The van der Waals surface area contributed by atoms with Gasteiger partial charge in [-0.2, -0.15) is 0 Å². The molecule has 0 spiro atoms. The molecule has 114 valence electrons. The number of likely N-dealkylation sites (tertiary alicyclic amines) is 1. The summed E-state index contributed by atoms with van der Waals surface area (Å²) in [6, 6.07) is 0. The predicted molar refractivity (Wildman–Crippen MR) is 71.7 cm³/mol. The Balaban J connectivity index is 2.44. The molecule has 6 heteroatoms. The molecular formula is C14H23NO5. The molecule has 6 nitrogen and oxygen atoms in total. The minimum Gasteiger partial charge on any atom is -0.469 e. The zero-order valence-corrected chi connectivity index (χ0v) is 12.5. The third kappa shape index (κ3) is 4.21. The Labute approximate surface area is 119 Å². The van der Waals surface area contributed by atoms with Gasteiger partial charge in [0.25, 0.3) is 0 Å². The lowest BCUT2D eigenvalue weighted by Gasteiger charge is -2.31. The summed E-state index contributed by atoms with van der Waals surface area (Å²) in [6.45, 7) is 6.04. The summed E-state index contributed by atoms with van der Waals surface area (Å²) in [4.78, 5) is 36.3. The van der Waals surface area contributed by atoms with E-state index in [9.17, 15) is 14.4 Å². The van der Waals surface area contributed by atoms with Crippen molar-refractivity contribution in [3.05, 3.63) is 0 Å². The molecule has 20 heavy (non-hydrogen) atoms. The maximum Gasteiger partial charge on any atom is 0.312 e. The second-order valence-electron chi connectivity index (χ2n) is 5.23. The summed E-state index contributed by atoms with van der Waals surface area (Å²) in [6.07, 6.45) is 0.705. The zero-order valence-electron chi connectivity index (χ0n) is 12.5. The highest BCUT2D eigenvalue weighted by molar-refractivity contribution is 5.76. The van der Waals surface area contributed by atoms with Crippen molar-refractivity contribution in [3.63, 3.8) is 0 Å². The van der Waals surface area contributed by atoms with Gasteiger partial charge >= 0.3 is 11.9 Å². The molecule has 1 aliphatic rings. The number of hydrogen-bond acceptors (Lipinski definition) is 5. The third-order valence-corrected chi connectivity index (χ3v) is 3.85. The van der Waals surface area contributed by atoms with Crippen molar-refractivity contribution in [2.45, 2.75) is 39.7 Å². The molecule has 0 aromatic heterocycles. The Morgan fingerprint density at radius 1 is 1.15 bits per heavy atom. The Morgan fingerprint density at radius 3 is 2.15 bits per heavy atom. The number of piperidine rings is 1. The molecule has 1 amide bonds. The van der Waals surface area contributed by atoms with Gasteiger partial charge in [0.15, 0.2) is 0 Å².